The van der Waals surface area contributed by atoms with Crippen molar-refractivity contribution >= 4 is 22.1 Å². The summed E-state index contributed by atoms with van der Waals surface area (Å²) in [5.41, 5.74) is -0.199. The third-order valence-corrected chi connectivity index (χ3v) is 2.99. The Morgan fingerprint density at radius 1 is 1.43 bits per heavy atom. The van der Waals surface area contributed by atoms with Crippen LogP contribution in [0, 0.1) is 0 Å². The molecule has 3 heteroatoms. The van der Waals surface area contributed by atoms with Crippen LogP contribution < -0.4 is 5.63 Å². The number of rotatable bonds is 3. The molecule has 0 unspecified atom stereocenters. The molecule has 0 aliphatic heterocycles. The highest BCUT2D eigenvalue weighted by Gasteiger charge is 2.04. The van der Waals surface area contributed by atoms with Crippen molar-refractivity contribution in [2.75, 3.05) is 0 Å². The first kappa shape index (κ1) is 9.46. The maximum Gasteiger partial charge on any atom is 0.344 e. The second-order valence-electron chi connectivity index (χ2n) is 3.34. The first-order valence-corrected chi connectivity index (χ1v) is 5.74. The van der Waals surface area contributed by atoms with E-state index >= 15 is 0 Å². The third-order valence-electron chi connectivity index (χ3n) is 2.23. The first-order valence-electron chi connectivity index (χ1n) is 4.80. The molecule has 0 saturated heterocycles. The van der Waals surface area contributed by atoms with Crippen molar-refractivity contribution in [3.05, 3.63) is 33.0 Å². The van der Waals surface area contributed by atoms with Crippen molar-refractivity contribution in [2.45, 2.75) is 26.2 Å². The Morgan fingerprint density at radius 2 is 2.29 bits per heavy atom. The first-order chi connectivity index (χ1) is 6.81. The van der Waals surface area contributed by atoms with Crippen LogP contribution in [0.2, 0.25) is 0 Å². The van der Waals surface area contributed by atoms with Crippen LogP contribution in [0.4, 0.5) is 0 Å². The zero-order valence-electron chi connectivity index (χ0n) is 8.08. The second-order valence-corrected chi connectivity index (χ2v) is 4.09. The van der Waals surface area contributed by atoms with Crippen molar-refractivity contribution < 1.29 is 4.42 Å². The van der Waals surface area contributed by atoms with Gasteiger partial charge in [0.25, 0.3) is 0 Å². The highest BCUT2D eigenvalue weighted by molar-refractivity contribution is 7.09. The van der Waals surface area contributed by atoms with E-state index in [4.69, 9.17) is 4.42 Å². The molecule has 0 spiro atoms. The average molecular weight is 208 g/mol. The van der Waals surface area contributed by atoms with E-state index < -0.39 is 0 Å². The summed E-state index contributed by atoms with van der Waals surface area (Å²) in [6.07, 6.45) is 3.04. The lowest BCUT2D eigenvalue weighted by molar-refractivity contribution is 0.460. The normalized spacial score (nSPS) is 10.9. The minimum Gasteiger partial charge on any atom is -0.427 e. The zero-order valence-corrected chi connectivity index (χ0v) is 8.89. The molecule has 2 aromatic rings. The summed E-state index contributed by atoms with van der Waals surface area (Å²) in [5.74, 6) is 0.808. The largest absolute Gasteiger partial charge is 0.427 e. The lowest BCUT2D eigenvalue weighted by Gasteiger charge is -1.97. The maximum atomic E-state index is 11.5. The number of hydrogen-bond acceptors (Lipinski definition) is 3. The van der Waals surface area contributed by atoms with Gasteiger partial charge in [-0.25, -0.2) is 4.79 Å². The van der Waals surface area contributed by atoms with E-state index in [9.17, 15) is 4.79 Å². The highest BCUT2D eigenvalue weighted by Crippen LogP contribution is 2.17. The predicted molar refractivity (Wildman–Crippen MR) is 59.0 cm³/mol. The van der Waals surface area contributed by atoms with Crippen LogP contribution >= 0.6 is 11.3 Å². The van der Waals surface area contributed by atoms with Crippen LogP contribution in [0.3, 0.4) is 0 Å². The lowest BCUT2D eigenvalue weighted by atomic mass is 10.2. The Kier molecular flexibility index (Phi) is 2.68. The van der Waals surface area contributed by atoms with Gasteiger partial charge < -0.3 is 4.42 Å². The van der Waals surface area contributed by atoms with Gasteiger partial charge in [0.05, 0.1) is 5.39 Å². The van der Waals surface area contributed by atoms with Gasteiger partial charge >= 0.3 is 5.63 Å². The monoisotopic (exact) mass is 208 g/mol. The molecule has 2 nitrogen and oxygen atoms in total. The number of fused-ring (bicyclic) bond motifs is 1. The Hall–Kier alpha value is -1.09. The number of thiophene rings is 1. The van der Waals surface area contributed by atoms with E-state index in [0.717, 1.165) is 30.4 Å². The van der Waals surface area contributed by atoms with Gasteiger partial charge in [-0.15, -0.1) is 0 Å². The summed E-state index contributed by atoms with van der Waals surface area (Å²) in [6.45, 7) is 2.13. The van der Waals surface area contributed by atoms with Gasteiger partial charge in [-0.3, -0.25) is 0 Å². The maximum absolute atomic E-state index is 11.5. The van der Waals surface area contributed by atoms with Gasteiger partial charge in [0.1, 0.15) is 5.76 Å². The standard InChI is InChI=1S/C11H12O2S/c1-2-3-4-9-5-8-6-14-7-10(8)11(12)13-9/h5-7H,2-4H2,1H3. The minimum absolute atomic E-state index is 0.199. The number of aryl methyl sites for hydroxylation is 1. The third kappa shape index (κ3) is 1.73. The molecule has 2 aromatic heterocycles. The van der Waals surface area contributed by atoms with Crippen LogP contribution in [-0.4, -0.2) is 0 Å². The Balaban J connectivity index is 2.43. The molecule has 2 heterocycles. The Bertz CT molecular complexity index is 481. The Morgan fingerprint density at radius 3 is 3.07 bits per heavy atom. The number of hydrogen-bond donors (Lipinski definition) is 0. The molecule has 0 bridgehead atoms. The van der Waals surface area contributed by atoms with Crippen molar-refractivity contribution in [2.24, 2.45) is 0 Å². The fourth-order valence-corrected chi connectivity index (χ4v) is 2.21. The average Bonchev–Trinajstić information content (AvgIpc) is 2.63. The van der Waals surface area contributed by atoms with Crippen molar-refractivity contribution in [1.29, 1.82) is 0 Å². The quantitative estimate of drug-likeness (QED) is 0.775. The molecule has 0 aromatic carbocycles. The summed E-state index contributed by atoms with van der Waals surface area (Å²) in [6, 6.07) is 1.98. The Labute approximate surface area is 86.2 Å². The van der Waals surface area contributed by atoms with Crippen molar-refractivity contribution in [1.82, 2.24) is 0 Å². The van der Waals surface area contributed by atoms with Gasteiger partial charge in [0.2, 0.25) is 0 Å². The molecule has 0 aliphatic carbocycles. The van der Waals surface area contributed by atoms with Gasteiger partial charge in [-0.05, 0) is 17.9 Å². The van der Waals surface area contributed by atoms with E-state index in [2.05, 4.69) is 6.92 Å². The van der Waals surface area contributed by atoms with E-state index in [0.29, 0.717) is 5.39 Å². The molecule has 0 saturated carbocycles. The molecule has 14 heavy (non-hydrogen) atoms. The SMILES string of the molecule is CCCCc1cc2cscc2c(=O)o1. The summed E-state index contributed by atoms with van der Waals surface area (Å²) < 4.78 is 5.20. The molecule has 2 rings (SSSR count). The van der Waals surface area contributed by atoms with Crippen molar-refractivity contribution in [3.8, 4) is 0 Å². The van der Waals surface area contributed by atoms with Crippen LogP contribution in [0.15, 0.2) is 26.0 Å². The fourth-order valence-electron chi connectivity index (χ4n) is 1.44. The smallest absolute Gasteiger partial charge is 0.344 e. The molecule has 0 fully saturated rings. The van der Waals surface area contributed by atoms with E-state index in [1.54, 1.807) is 0 Å². The summed E-state index contributed by atoms with van der Waals surface area (Å²) in [5, 5.41) is 5.54. The molecule has 0 radical (unpaired) electrons. The lowest BCUT2D eigenvalue weighted by Crippen LogP contribution is -2.00. The molecule has 0 aliphatic rings. The summed E-state index contributed by atoms with van der Waals surface area (Å²) in [4.78, 5) is 11.5. The zero-order chi connectivity index (χ0) is 9.97. The summed E-state index contributed by atoms with van der Waals surface area (Å²) in [7, 11) is 0. The van der Waals surface area contributed by atoms with E-state index in [1.807, 2.05) is 16.8 Å². The minimum atomic E-state index is -0.199. The molecule has 74 valence electrons. The van der Waals surface area contributed by atoms with E-state index in [1.165, 1.54) is 11.3 Å². The van der Waals surface area contributed by atoms with Gasteiger partial charge in [0, 0.05) is 17.2 Å². The van der Waals surface area contributed by atoms with Gasteiger partial charge in [0.15, 0.2) is 0 Å². The van der Waals surface area contributed by atoms with Crippen LogP contribution in [0.1, 0.15) is 25.5 Å². The molecular weight excluding hydrogens is 196 g/mol. The van der Waals surface area contributed by atoms with Crippen LogP contribution in [-0.2, 0) is 6.42 Å². The van der Waals surface area contributed by atoms with Gasteiger partial charge in [-0.1, -0.05) is 13.3 Å². The summed E-state index contributed by atoms with van der Waals surface area (Å²) >= 11 is 1.54. The topological polar surface area (TPSA) is 30.2 Å². The molecule has 0 N–H and O–H groups in total. The van der Waals surface area contributed by atoms with Crippen molar-refractivity contribution in [3.63, 3.8) is 0 Å². The molecular formula is C11H12O2S. The van der Waals surface area contributed by atoms with Crippen LogP contribution in [0.5, 0.6) is 0 Å². The van der Waals surface area contributed by atoms with E-state index in [-0.39, 0.29) is 5.63 Å². The highest BCUT2D eigenvalue weighted by atomic mass is 32.1. The van der Waals surface area contributed by atoms with Crippen LogP contribution in [0.25, 0.3) is 10.8 Å². The molecule has 0 atom stereocenters. The fraction of sp³-hybridized carbons (Fsp3) is 0.364. The molecule has 0 amide bonds. The van der Waals surface area contributed by atoms with Gasteiger partial charge in [-0.2, -0.15) is 11.3 Å². The second kappa shape index (κ2) is 3.96. The number of unbranched alkanes of at least 4 members (excludes halogenated alkanes) is 1. The predicted octanol–water partition coefficient (Wildman–Crippen LogP) is 3.20.